The first-order chi connectivity index (χ1) is 10.7. The van der Waals surface area contributed by atoms with Gasteiger partial charge in [-0.05, 0) is 67.9 Å². The molecule has 3 rings (SSSR count). The fourth-order valence-electron chi connectivity index (χ4n) is 2.57. The van der Waals surface area contributed by atoms with Gasteiger partial charge in [-0.3, -0.25) is 4.79 Å². The quantitative estimate of drug-likeness (QED) is 0.824. The van der Waals surface area contributed by atoms with Crippen LogP contribution >= 0.6 is 15.9 Å². The number of halogens is 1. The number of hydrogen-bond acceptors (Lipinski definition) is 3. The van der Waals surface area contributed by atoms with Gasteiger partial charge in [-0.25, -0.2) is 0 Å². The van der Waals surface area contributed by atoms with E-state index in [1.54, 1.807) is 0 Å². The van der Waals surface area contributed by atoms with Crippen LogP contribution in [0.25, 0.3) is 0 Å². The summed E-state index contributed by atoms with van der Waals surface area (Å²) in [6.07, 6.45) is 2.38. The number of nitrogens with one attached hydrogen (secondary N) is 1. The molecule has 114 valence electrons. The first-order valence-electron chi connectivity index (χ1n) is 7.49. The van der Waals surface area contributed by atoms with Crippen LogP contribution in [0, 0.1) is 0 Å². The smallest absolute Gasteiger partial charge is 0.193 e. The molecule has 0 amide bonds. The van der Waals surface area contributed by atoms with Crippen LogP contribution in [-0.4, -0.2) is 25.0 Å². The Hall–Kier alpha value is -1.65. The minimum Gasteiger partial charge on any atom is -0.492 e. The van der Waals surface area contributed by atoms with E-state index < -0.39 is 0 Å². The zero-order chi connectivity index (χ0) is 15.4. The van der Waals surface area contributed by atoms with Gasteiger partial charge in [-0.15, -0.1) is 0 Å². The van der Waals surface area contributed by atoms with Crippen LogP contribution in [0.4, 0.5) is 0 Å². The molecule has 1 aliphatic heterocycles. The highest BCUT2D eigenvalue weighted by Gasteiger charge is 2.14. The highest BCUT2D eigenvalue weighted by molar-refractivity contribution is 9.10. The number of ketones is 1. The van der Waals surface area contributed by atoms with Gasteiger partial charge in [0.25, 0.3) is 0 Å². The summed E-state index contributed by atoms with van der Waals surface area (Å²) in [4.78, 5) is 12.4. The fourth-order valence-corrected chi connectivity index (χ4v) is 2.83. The number of ether oxygens (including phenoxy) is 1. The van der Waals surface area contributed by atoms with Gasteiger partial charge in [-0.1, -0.05) is 15.9 Å². The highest BCUT2D eigenvalue weighted by Crippen LogP contribution is 2.18. The lowest BCUT2D eigenvalue weighted by Gasteiger charge is -2.12. The standard InChI is InChI=1S/C18H18BrNO2/c19-15-7-3-13(4-8-15)18(21)14-5-9-17(10-6-14)22-12-16-2-1-11-20-16/h3-10,16,20H,1-2,11-12H2/t16-/m1/s1. The van der Waals surface area contributed by atoms with Gasteiger partial charge >= 0.3 is 0 Å². The van der Waals surface area contributed by atoms with Crippen LogP contribution in [0.15, 0.2) is 53.0 Å². The van der Waals surface area contributed by atoms with Crippen LogP contribution in [-0.2, 0) is 0 Å². The second kappa shape index (κ2) is 7.07. The minimum atomic E-state index is 0.0245. The zero-order valence-corrected chi connectivity index (χ0v) is 13.8. The lowest BCUT2D eigenvalue weighted by atomic mass is 10.0. The summed E-state index contributed by atoms with van der Waals surface area (Å²) in [5.41, 5.74) is 1.36. The van der Waals surface area contributed by atoms with E-state index in [0.29, 0.717) is 23.8 Å². The molecule has 1 saturated heterocycles. The van der Waals surface area contributed by atoms with Gasteiger partial charge in [0.1, 0.15) is 12.4 Å². The predicted octanol–water partition coefficient (Wildman–Crippen LogP) is 3.81. The predicted molar refractivity (Wildman–Crippen MR) is 90.5 cm³/mol. The van der Waals surface area contributed by atoms with Crippen molar-refractivity contribution in [2.45, 2.75) is 18.9 Å². The molecule has 1 N–H and O–H groups in total. The second-order valence-electron chi connectivity index (χ2n) is 5.46. The monoisotopic (exact) mass is 359 g/mol. The molecular weight excluding hydrogens is 342 g/mol. The van der Waals surface area contributed by atoms with Crippen molar-refractivity contribution in [2.75, 3.05) is 13.2 Å². The van der Waals surface area contributed by atoms with Crippen LogP contribution in [0.5, 0.6) is 5.75 Å². The summed E-state index contributed by atoms with van der Waals surface area (Å²) >= 11 is 3.37. The van der Waals surface area contributed by atoms with Crippen molar-refractivity contribution in [3.63, 3.8) is 0 Å². The SMILES string of the molecule is O=C(c1ccc(Br)cc1)c1ccc(OC[C@H]2CCCN2)cc1. The van der Waals surface area contributed by atoms with Gasteiger partial charge in [-0.2, -0.15) is 0 Å². The Morgan fingerprint density at radius 2 is 1.73 bits per heavy atom. The average Bonchev–Trinajstić information content (AvgIpc) is 3.07. The van der Waals surface area contributed by atoms with E-state index in [0.717, 1.165) is 16.8 Å². The molecule has 1 aliphatic rings. The maximum absolute atomic E-state index is 12.4. The normalized spacial score (nSPS) is 17.4. The molecular formula is C18H18BrNO2. The van der Waals surface area contributed by atoms with Crippen molar-refractivity contribution in [3.05, 3.63) is 64.1 Å². The van der Waals surface area contributed by atoms with Crippen LogP contribution in [0.2, 0.25) is 0 Å². The Bertz CT molecular complexity index is 631. The molecule has 4 heteroatoms. The third kappa shape index (κ3) is 3.76. The van der Waals surface area contributed by atoms with E-state index in [4.69, 9.17) is 4.74 Å². The number of carbonyl (C=O) groups is 1. The molecule has 0 spiro atoms. The van der Waals surface area contributed by atoms with E-state index in [-0.39, 0.29) is 5.78 Å². The molecule has 1 atom stereocenters. The molecule has 1 fully saturated rings. The van der Waals surface area contributed by atoms with Crippen molar-refractivity contribution in [3.8, 4) is 5.75 Å². The van der Waals surface area contributed by atoms with Crippen LogP contribution in [0.1, 0.15) is 28.8 Å². The third-order valence-corrected chi connectivity index (χ3v) is 4.37. The van der Waals surface area contributed by atoms with Gasteiger partial charge in [0.15, 0.2) is 5.78 Å². The Balaban J connectivity index is 1.62. The van der Waals surface area contributed by atoms with Gasteiger partial charge in [0.2, 0.25) is 0 Å². The largest absolute Gasteiger partial charge is 0.492 e. The van der Waals surface area contributed by atoms with Crippen molar-refractivity contribution in [1.82, 2.24) is 5.32 Å². The Labute approximate surface area is 138 Å². The Morgan fingerprint density at radius 3 is 2.32 bits per heavy atom. The molecule has 2 aromatic carbocycles. The maximum atomic E-state index is 12.4. The summed E-state index contributed by atoms with van der Waals surface area (Å²) in [6.45, 7) is 1.76. The number of carbonyl (C=O) groups excluding carboxylic acids is 1. The summed E-state index contributed by atoms with van der Waals surface area (Å²) in [7, 11) is 0. The lowest BCUT2D eigenvalue weighted by molar-refractivity contribution is 0.103. The molecule has 0 aliphatic carbocycles. The summed E-state index contributed by atoms with van der Waals surface area (Å²) < 4.78 is 6.73. The fraction of sp³-hybridized carbons (Fsp3) is 0.278. The molecule has 1 heterocycles. The number of rotatable bonds is 5. The molecule has 2 aromatic rings. The first-order valence-corrected chi connectivity index (χ1v) is 8.28. The van der Waals surface area contributed by atoms with Crippen molar-refractivity contribution in [2.24, 2.45) is 0 Å². The molecule has 0 aromatic heterocycles. The lowest BCUT2D eigenvalue weighted by Crippen LogP contribution is -2.28. The summed E-state index contributed by atoms with van der Waals surface area (Å²) in [5, 5.41) is 3.40. The molecule has 22 heavy (non-hydrogen) atoms. The molecule has 0 bridgehead atoms. The maximum Gasteiger partial charge on any atom is 0.193 e. The summed E-state index contributed by atoms with van der Waals surface area (Å²) in [5.74, 6) is 0.831. The number of hydrogen-bond donors (Lipinski definition) is 1. The van der Waals surface area contributed by atoms with Crippen molar-refractivity contribution in [1.29, 1.82) is 0 Å². The van der Waals surface area contributed by atoms with Gasteiger partial charge in [0.05, 0.1) is 0 Å². The molecule has 3 nitrogen and oxygen atoms in total. The highest BCUT2D eigenvalue weighted by atomic mass is 79.9. The van der Waals surface area contributed by atoms with Crippen molar-refractivity contribution < 1.29 is 9.53 Å². The third-order valence-electron chi connectivity index (χ3n) is 3.84. The van der Waals surface area contributed by atoms with Crippen molar-refractivity contribution >= 4 is 21.7 Å². The van der Waals surface area contributed by atoms with Crippen LogP contribution < -0.4 is 10.1 Å². The van der Waals surface area contributed by atoms with E-state index in [2.05, 4.69) is 21.2 Å². The topological polar surface area (TPSA) is 38.3 Å². The van der Waals surface area contributed by atoms with E-state index in [1.165, 1.54) is 12.8 Å². The van der Waals surface area contributed by atoms with E-state index in [9.17, 15) is 4.79 Å². The number of benzene rings is 2. The van der Waals surface area contributed by atoms with Gasteiger partial charge in [0, 0.05) is 21.6 Å². The second-order valence-corrected chi connectivity index (χ2v) is 6.38. The molecule has 0 saturated carbocycles. The Kier molecular flexibility index (Phi) is 4.90. The average molecular weight is 360 g/mol. The molecule has 0 radical (unpaired) electrons. The van der Waals surface area contributed by atoms with Crippen LogP contribution in [0.3, 0.4) is 0 Å². The summed E-state index contributed by atoms with van der Waals surface area (Å²) in [6, 6.07) is 15.2. The Morgan fingerprint density at radius 1 is 1.09 bits per heavy atom. The molecule has 0 unspecified atom stereocenters. The van der Waals surface area contributed by atoms with E-state index in [1.807, 2.05) is 48.5 Å². The zero-order valence-electron chi connectivity index (χ0n) is 12.2. The van der Waals surface area contributed by atoms with Gasteiger partial charge < -0.3 is 10.1 Å². The minimum absolute atomic E-state index is 0.0245. The van der Waals surface area contributed by atoms with E-state index >= 15 is 0 Å². The first kappa shape index (κ1) is 15.3.